The predicted octanol–water partition coefficient (Wildman–Crippen LogP) is 2.02. The Balaban J connectivity index is 3.28. The molecule has 16 heavy (non-hydrogen) atoms. The molecule has 0 heterocycles. The molecule has 0 amide bonds. The van der Waals surface area contributed by atoms with Crippen LogP contribution < -0.4 is 0 Å². The van der Waals surface area contributed by atoms with E-state index in [1.165, 1.54) is 0 Å². The van der Waals surface area contributed by atoms with Crippen LogP contribution in [0.25, 0.3) is 0 Å². The molecule has 0 atom stereocenters. The summed E-state index contributed by atoms with van der Waals surface area (Å²) >= 11 is 0. The van der Waals surface area contributed by atoms with Crippen molar-refractivity contribution in [2.75, 3.05) is 32.2 Å². The highest BCUT2D eigenvalue weighted by Crippen LogP contribution is 2.07. The average Bonchev–Trinajstić information content (AvgIpc) is 2.21. The Kier molecular flexibility index (Phi) is 9.31. The minimum atomic E-state index is -3.43. The summed E-state index contributed by atoms with van der Waals surface area (Å²) in [6.45, 7) is 6.05. The first-order valence-electron chi connectivity index (χ1n) is 5.57. The molecule has 4 nitrogen and oxygen atoms in total. The van der Waals surface area contributed by atoms with Gasteiger partial charge >= 0.3 is 0 Å². The molecular weight excluding hydrogens is 252 g/mol. The fourth-order valence-electron chi connectivity index (χ4n) is 1.15. The van der Waals surface area contributed by atoms with E-state index in [9.17, 15) is 8.42 Å². The van der Waals surface area contributed by atoms with Gasteiger partial charge in [0.2, 0.25) is 9.05 Å². The van der Waals surface area contributed by atoms with Crippen LogP contribution in [0, 0.1) is 5.92 Å². The standard InChI is InChI=1S/C10H21ClO4S/c1-3-10(4-2)9-15-6-5-14-7-8-16(11,12)13/h10H,3-9H2,1-2H3. The second-order valence-electron chi connectivity index (χ2n) is 3.61. The summed E-state index contributed by atoms with van der Waals surface area (Å²) in [6, 6.07) is 0. The van der Waals surface area contributed by atoms with E-state index in [0.717, 1.165) is 19.4 Å². The second-order valence-corrected chi connectivity index (χ2v) is 6.51. The SMILES string of the molecule is CCC(CC)COCCOCCS(=O)(=O)Cl. The van der Waals surface area contributed by atoms with Gasteiger partial charge in [-0.3, -0.25) is 0 Å². The van der Waals surface area contributed by atoms with Gasteiger partial charge in [0, 0.05) is 17.3 Å². The van der Waals surface area contributed by atoms with Gasteiger partial charge in [-0.15, -0.1) is 0 Å². The molecule has 6 heteroatoms. The van der Waals surface area contributed by atoms with E-state index in [2.05, 4.69) is 13.8 Å². The molecule has 0 aromatic heterocycles. The van der Waals surface area contributed by atoms with Crippen LogP contribution in [0.1, 0.15) is 26.7 Å². The van der Waals surface area contributed by atoms with E-state index >= 15 is 0 Å². The van der Waals surface area contributed by atoms with Gasteiger partial charge in [0.05, 0.1) is 25.6 Å². The molecule has 0 saturated carbocycles. The zero-order chi connectivity index (χ0) is 12.4. The maximum Gasteiger partial charge on any atom is 0.234 e. The zero-order valence-electron chi connectivity index (χ0n) is 9.95. The van der Waals surface area contributed by atoms with Crippen molar-refractivity contribution in [1.29, 1.82) is 0 Å². The summed E-state index contributed by atoms with van der Waals surface area (Å²) in [5, 5.41) is 0. The molecule has 0 unspecified atom stereocenters. The van der Waals surface area contributed by atoms with Gasteiger partial charge in [-0.1, -0.05) is 26.7 Å². The lowest BCUT2D eigenvalue weighted by Gasteiger charge is -2.12. The summed E-state index contributed by atoms with van der Waals surface area (Å²) in [6.07, 6.45) is 2.23. The van der Waals surface area contributed by atoms with E-state index < -0.39 is 9.05 Å². The van der Waals surface area contributed by atoms with E-state index in [0.29, 0.717) is 19.1 Å². The lowest BCUT2D eigenvalue weighted by atomic mass is 10.1. The van der Waals surface area contributed by atoms with Crippen LogP contribution in [0.5, 0.6) is 0 Å². The molecule has 0 aliphatic heterocycles. The molecule has 0 aliphatic rings. The lowest BCUT2D eigenvalue weighted by molar-refractivity contribution is 0.0367. The van der Waals surface area contributed by atoms with Crippen LogP contribution in [-0.4, -0.2) is 40.6 Å². The van der Waals surface area contributed by atoms with Crippen LogP contribution in [0.3, 0.4) is 0 Å². The van der Waals surface area contributed by atoms with Crippen LogP contribution in [0.2, 0.25) is 0 Å². The van der Waals surface area contributed by atoms with Crippen molar-refractivity contribution >= 4 is 19.7 Å². The normalized spacial score (nSPS) is 12.2. The summed E-state index contributed by atoms with van der Waals surface area (Å²) in [5.74, 6) is 0.449. The van der Waals surface area contributed by atoms with E-state index in [1.54, 1.807) is 0 Å². The molecule has 0 fully saturated rings. The van der Waals surface area contributed by atoms with Crippen LogP contribution in [0.15, 0.2) is 0 Å². The molecule has 98 valence electrons. The van der Waals surface area contributed by atoms with Crippen molar-refractivity contribution in [2.24, 2.45) is 5.92 Å². The first kappa shape index (κ1) is 16.2. The van der Waals surface area contributed by atoms with Gasteiger partial charge in [-0.2, -0.15) is 0 Å². The van der Waals surface area contributed by atoms with Crippen molar-refractivity contribution in [1.82, 2.24) is 0 Å². The minimum Gasteiger partial charge on any atom is -0.379 e. The summed E-state index contributed by atoms with van der Waals surface area (Å²) in [4.78, 5) is 0. The second kappa shape index (κ2) is 9.22. The van der Waals surface area contributed by atoms with Gasteiger partial charge in [-0.05, 0) is 5.92 Å². The molecule has 0 rings (SSSR count). The monoisotopic (exact) mass is 272 g/mol. The zero-order valence-corrected chi connectivity index (χ0v) is 11.5. The van der Waals surface area contributed by atoms with Gasteiger partial charge in [0.1, 0.15) is 0 Å². The molecule has 0 saturated heterocycles. The quantitative estimate of drug-likeness (QED) is 0.451. The van der Waals surface area contributed by atoms with Gasteiger partial charge < -0.3 is 9.47 Å². The van der Waals surface area contributed by atoms with Crippen LogP contribution in [-0.2, 0) is 18.5 Å². The Hall–Kier alpha value is 0.160. The van der Waals surface area contributed by atoms with E-state index in [1.807, 2.05) is 0 Å². The Morgan fingerprint density at radius 3 is 2.12 bits per heavy atom. The summed E-state index contributed by atoms with van der Waals surface area (Å²) in [7, 11) is 1.58. The number of ether oxygens (including phenoxy) is 2. The minimum absolute atomic E-state index is 0.125. The number of rotatable bonds is 10. The number of hydrogen-bond donors (Lipinski definition) is 0. The van der Waals surface area contributed by atoms with E-state index in [4.69, 9.17) is 20.2 Å². The van der Waals surface area contributed by atoms with Gasteiger partial charge in [0.15, 0.2) is 0 Å². The van der Waals surface area contributed by atoms with Crippen molar-refractivity contribution in [2.45, 2.75) is 26.7 Å². The third kappa shape index (κ3) is 10.7. The molecule has 0 bridgehead atoms. The average molecular weight is 273 g/mol. The molecular formula is C10H21ClO4S. The summed E-state index contributed by atoms with van der Waals surface area (Å²) < 4.78 is 31.6. The third-order valence-electron chi connectivity index (χ3n) is 2.35. The van der Waals surface area contributed by atoms with Crippen LogP contribution >= 0.6 is 10.7 Å². The number of halogens is 1. The number of hydrogen-bond acceptors (Lipinski definition) is 4. The highest BCUT2D eigenvalue weighted by Gasteiger charge is 2.05. The van der Waals surface area contributed by atoms with Crippen molar-refractivity contribution in [3.05, 3.63) is 0 Å². The van der Waals surface area contributed by atoms with Gasteiger partial charge in [0.25, 0.3) is 0 Å². The first-order chi connectivity index (χ1) is 7.49. The molecule has 0 radical (unpaired) electrons. The Labute approximate surface area is 103 Å². The largest absolute Gasteiger partial charge is 0.379 e. The summed E-state index contributed by atoms with van der Waals surface area (Å²) in [5.41, 5.74) is 0. The first-order valence-corrected chi connectivity index (χ1v) is 8.05. The third-order valence-corrected chi connectivity index (χ3v) is 3.47. The molecule has 0 aromatic carbocycles. The highest BCUT2D eigenvalue weighted by molar-refractivity contribution is 8.13. The highest BCUT2D eigenvalue weighted by atomic mass is 35.7. The van der Waals surface area contributed by atoms with Crippen LogP contribution in [0.4, 0.5) is 0 Å². The van der Waals surface area contributed by atoms with Crippen molar-refractivity contribution in [3.8, 4) is 0 Å². The molecule has 0 aliphatic carbocycles. The Bertz CT molecular complexity index is 250. The predicted molar refractivity (Wildman–Crippen MR) is 65.3 cm³/mol. The Morgan fingerprint density at radius 2 is 1.62 bits per heavy atom. The van der Waals surface area contributed by atoms with E-state index in [-0.39, 0.29) is 12.4 Å². The van der Waals surface area contributed by atoms with Crippen molar-refractivity contribution < 1.29 is 17.9 Å². The Morgan fingerprint density at radius 1 is 1.06 bits per heavy atom. The maximum absolute atomic E-state index is 10.5. The molecule has 0 N–H and O–H groups in total. The lowest BCUT2D eigenvalue weighted by Crippen LogP contribution is -2.13. The molecule has 0 spiro atoms. The molecule has 0 aromatic rings. The van der Waals surface area contributed by atoms with Crippen molar-refractivity contribution in [3.63, 3.8) is 0 Å². The fraction of sp³-hybridized carbons (Fsp3) is 1.00. The topological polar surface area (TPSA) is 52.6 Å². The maximum atomic E-state index is 10.5. The smallest absolute Gasteiger partial charge is 0.234 e. The fourth-order valence-corrected chi connectivity index (χ4v) is 1.66. The van der Waals surface area contributed by atoms with Gasteiger partial charge in [-0.25, -0.2) is 8.42 Å².